The molecule has 0 spiro atoms. The van der Waals surface area contributed by atoms with Crippen LogP contribution >= 0.6 is 0 Å². The summed E-state index contributed by atoms with van der Waals surface area (Å²) >= 11 is 0. The van der Waals surface area contributed by atoms with Crippen molar-refractivity contribution in [1.82, 2.24) is 9.97 Å². The monoisotopic (exact) mass is 389 g/mol. The number of carbonyl (C=O) groups is 2. The molecule has 0 saturated heterocycles. The van der Waals surface area contributed by atoms with Gasteiger partial charge in [0.05, 0.1) is 17.5 Å². The van der Waals surface area contributed by atoms with Crippen LogP contribution in [0.2, 0.25) is 0 Å². The first-order chi connectivity index (χ1) is 14.0. The molecule has 0 atom stereocenters. The Hall–Kier alpha value is -3.92. The minimum absolute atomic E-state index is 0.00104. The van der Waals surface area contributed by atoms with Crippen LogP contribution in [0.4, 0.5) is 0 Å². The van der Waals surface area contributed by atoms with E-state index in [4.69, 9.17) is 4.74 Å². The molecule has 0 unspecified atom stereocenters. The van der Waals surface area contributed by atoms with Crippen LogP contribution in [-0.2, 0) is 9.53 Å². The van der Waals surface area contributed by atoms with Crippen LogP contribution in [0.15, 0.2) is 54.3 Å². The second kappa shape index (κ2) is 8.85. The molecule has 3 aromatic rings. The number of carbonyl (C=O) groups excluding carboxylic acids is 2. The van der Waals surface area contributed by atoms with Crippen molar-refractivity contribution in [1.29, 1.82) is 5.26 Å². The summed E-state index contributed by atoms with van der Waals surface area (Å²) in [6.07, 6.45) is -0.117. The highest BCUT2D eigenvalue weighted by atomic mass is 16.5. The molecule has 0 fully saturated rings. The van der Waals surface area contributed by atoms with Crippen molar-refractivity contribution in [2.75, 3.05) is 6.61 Å². The summed E-state index contributed by atoms with van der Waals surface area (Å²) in [5.41, 5.74) is 2.83. The Morgan fingerprint density at radius 3 is 2.55 bits per heavy atom. The van der Waals surface area contributed by atoms with E-state index in [2.05, 4.69) is 9.97 Å². The Kier molecular flexibility index (Phi) is 6.05. The third kappa shape index (κ3) is 4.87. The number of aliphatic hydroxyl groups excluding tert-OH is 1. The summed E-state index contributed by atoms with van der Waals surface area (Å²) < 4.78 is 5.00. The van der Waals surface area contributed by atoms with Gasteiger partial charge < -0.3 is 14.8 Å². The van der Waals surface area contributed by atoms with Crippen LogP contribution < -0.4 is 0 Å². The molecule has 0 aliphatic carbocycles. The fourth-order valence-corrected chi connectivity index (χ4v) is 2.72. The van der Waals surface area contributed by atoms with E-state index in [0.29, 0.717) is 11.1 Å². The Morgan fingerprint density at radius 1 is 1.14 bits per heavy atom. The van der Waals surface area contributed by atoms with Crippen molar-refractivity contribution in [3.63, 3.8) is 0 Å². The Labute approximate surface area is 167 Å². The van der Waals surface area contributed by atoms with Crippen molar-refractivity contribution in [2.24, 2.45) is 0 Å². The summed E-state index contributed by atoms with van der Waals surface area (Å²) in [5, 5.41) is 19.5. The first-order valence-electron chi connectivity index (χ1n) is 9.00. The molecule has 3 rings (SSSR count). The zero-order chi connectivity index (χ0) is 20.8. The summed E-state index contributed by atoms with van der Waals surface area (Å²) in [6.45, 7) is 1.45. The number of aliphatic hydroxyl groups is 1. The number of aromatic amines is 1. The highest BCUT2D eigenvalue weighted by Gasteiger charge is 2.16. The minimum atomic E-state index is -0.640. The molecular formula is C22H19N3O4. The van der Waals surface area contributed by atoms with Crippen LogP contribution in [0.1, 0.15) is 34.6 Å². The normalized spacial score (nSPS) is 11.6. The molecule has 1 heterocycles. The number of benzene rings is 2. The van der Waals surface area contributed by atoms with E-state index in [1.165, 1.54) is 0 Å². The number of ether oxygens (including phenoxy) is 1. The molecule has 7 nitrogen and oxygen atoms in total. The molecule has 29 heavy (non-hydrogen) atoms. The number of ketones is 1. The number of aryl methyl sites for hydroxylation is 1. The topological polar surface area (TPSA) is 116 Å². The summed E-state index contributed by atoms with van der Waals surface area (Å²) in [6, 6.07) is 16.1. The molecule has 2 aromatic carbocycles. The van der Waals surface area contributed by atoms with Gasteiger partial charge in [0.1, 0.15) is 18.2 Å². The number of fused-ring (bicyclic) bond motifs is 1. The molecule has 7 heteroatoms. The van der Waals surface area contributed by atoms with Gasteiger partial charge in [0.2, 0.25) is 0 Å². The van der Waals surface area contributed by atoms with Gasteiger partial charge in [-0.15, -0.1) is 0 Å². The van der Waals surface area contributed by atoms with Crippen molar-refractivity contribution in [2.45, 2.75) is 19.8 Å². The van der Waals surface area contributed by atoms with Crippen LogP contribution in [-0.4, -0.2) is 33.4 Å². The van der Waals surface area contributed by atoms with E-state index >= 15 is 0 Å². The van der Waals surface area contributed by atoms with E-state index in [9.17, 15) is 20.0 Å². The molecular weight excluding hydrogens is 370 g/mol. The summed E-state index contributed by atoms with van der Waals surface area (Å²) in [7, 11) is 0. The third-order valence-electron chi connectivity index (χ3n) is 4.33. The van der Waals surface area contributed by atoms with Gasteiger partial charge in [-0.05, 0) is 19.1 Å². The molecule has 0 saturated carbocycles. The number of H-pyrrole nitrogens is 1. The van der Waals surface area contributed by atoms with Crippen molar-refractivity contribution >= 4 is 28.4 Å². The quantitative estimate of drug-likeness (QED) is 0.274. The molecule has 0 radical (unpaired) electrons. The fraction of sp³-hybridized carbons (Fsp3) is 0.182. The van der Waals surface area contributed by atoms with Crippen LogP contribution in [0.3, 0.4) is 0 Å². The first-order valence-corrected chi connectivity index (χ1v) is 9.00. The number of para-hydroxylation sites is 2. The van der Waals surface area contributed by atoms with Gasteiger partial charge in [0.25, 0.3) is 0 Å². The van der Waals surface area contributed by atoms with Crippen molar-refractivity contribution in [3.8, 4) is 6.07 Å². The maximum absolute atomic E-state index is 12.1. The smallest absolute Gasteiger partial charge is 0.306 e. The fourth-order valence-electron chi connectivity index (χ4n) is 2.72. The SMILES string of the molecule is Cc1ccc(C(=O)CCC(=O)OC/C(O)=C(\C#N)c2nc3ccccc3[nH]2)cc1. The predicted molar refractivity (Wildman–Crippen MR) is 107 cm³/mol. The average molecular weight is 389 g/mol. The number of hydrogen-bond donors (Lipinski definition) is 2. The number of allylic oxidation sites excluding steroid dienone is 1. The highest BCUT2D eigenvalue weighted by Crippen LogP contribution is 2.19. The summed E-state index contributed by atoms with van der Waals surface area (Å²) in [5.74, 6) is -1.03. The van der Waals surface area contributed by atoms with Gasteiger partial charge in [-0.25, -0.2) is 4.98 Å². The lowest BCUT2D eigenvalue weighted by atomic mass is 10.1. The molecule has 1 aromatic heterocycles. The Morgan fingerprint density at radius 2 is 1.86 bits per heavy atom. The standard InChI is InChI=1S/C22H19N3O4/c1-14-6-8-15(9-7-14)19(26)10-11-21(28)29-13-20(27)16(12-23)22-24-17-4-2-3-5-18(17)25-22/h2-9,27H,10-11,13H2,1H3,(H,24,25)/b20-16-. The lowest BCUT2D eigenvalue weighted by Crippen LogP contribution is -2.11. The van der Waals surface area contributed by atoms with Crippen molar-refractivity contribution in [3.05, 3.63) is 71.2 Å². The van der Waals surface area contributed by atoms with E-state index in [1.807, 2.05) is 37.3 Å². The van der Waals surface area contributed by atoms with Crippen molar-refractivity contribution < 1.29 is 19.4 Å². The lowest BCUT2D eigenvalue weighted by molar-refractivity contribution is -0.143. The number of Topliss-reactive ketones (excluding diaryl/α,β-unsaturated/α-hetero) is 1. The molecule has 2 N–H and O–H groups in total. The largest absolute Gasteiger partial charge is 0.507 e. The van der Waals surface area contributed by atoms with Crippen LogP contribution in [0, 0.1) is 18.3 Å². The van der Waals surface area contributed by atoms with Crippen LogP contribution in [0.25, 0.3) is 16.6 Å². The zero-order valence-electron chi connectivity index (χ0n) is 15.8. The second-order valence-corrected chi connectivity index (χ2v) is 6.49. The maximum atomic E-state index is 12.1. The van der Waals surface area contributed by atoms with Gasteiger partial charge in [0.15, 0.2) is 17.4 Å². The van der Waals surface area contributed by atoms with Gasteiger partial charge >= 0.3 is 5.97 Å². The number of nitriles is 1. The average Bonchev–Trinajstić information content (AvgIpc) is 3.15. The molecule has 146 valence electrons. The maximum Gasteiger partial charge on any atom is 0.306 e. The minimum Gasteiger partial charge on any atom is -0.507 e. The number of esters is 1. The zero-order valence-corrected chi connectivity index (χ0v) is 15.8. The van der Waals surface area contributed by atoms with E-state index in [0.717, 1.165) is 11.1 Å². The number of imidazole rings is 1. The van der Waals surface area contributed by atoms with E-state index < -0.39 is 18.3 Å². The molecule has 0 aliphatic rings. The van der Waals surface area contributed by atoms with Gasteiger partial charge in [-0.2, -0.15) is 5.26 Å². The van der Waals surface area contributed by atoms with Gasteiger partial charge in [-0.3, -0.25) is 9.59 Å². The molecule has 0 bridgehead atoms. The third-order valence-corrected chi connectivity index (χ3v) is 4.33. The predicted octanol–water partition coefficient (Wildman–Crippen LogP) is 3.87. The number of rotatable bonds is 7. The molecule has 0 aliphatic heterocycles. The first kappa shape index (κ1) is 19.8. The molecule has 0 amide bonds. The van der Waals surface area contributed by atoms with E-state index in [-0.39, 0.29) is 30.0 Å². The summed E-state index contributed by atoms with van der Waals surface area (Å²) in [4.78, 5) is 31.2. The number of nitrogens with zero attached hydrogens (tertiary/aromatic N) is 2. The number of hydrogen-bond acceptors (Lipinski definition) is 6. The second-order valence-electron chi connectivity index (χ2n) is 6.49. The Bertz CT molecular complexity index is 1090. The highest BCUT2D eigenvalue weighted by molar-refractivity contribution is 5.97. The van der Waals surface area contributed by atoms with E-state index in [1.54, 1.807) is 24.3 Å². The van der Waals surface area contributed by atoms with Gasteiger partial charge in [-0.1, -0.05) is 42.0 Å². The number of aromatic nitrogens is 2. The van der Waals surface area contributed by atoms with Gasteiger partial charge in [0, 0.05) is 12.0 Å². The van der Waals surface area contributed by atoms with Crippen LogP contribution in [0.5, 0.6) is 0 Å². The number of nitrogens with one attached hydrogen (secondary N) is 1. The lowest BCUT2D eigenvalue weighted by Gasteiger charge is -2.06. The Balaban J connectivity index is 1.58.